The second kappa shape index (κ2) is 7.69. The zero-order chi connectivity index (χ0) is 15.9. The average Bonchev–Trinajstić information content (AvgIpc) is 3.06. The van der Waals surface area contributed by atoms with E-state index in [1.54, 1.807) is 0 Å². The number of rotatable bonds is 7. The fraction of sp³-hybridized carbons (Fsp3) is 0.571. The molecule has 1 aromatic heterocycles. The molecule has 2 atom stereocenters. The number of esters is 1. The van der Waals surface area contributed by atoms with E-state index >= 15 is 0 Å². The first kappa shape index (κ1) is 16.2. The number of hydrogen-bond acceptors (Lipinski definition) is 7. The minimum Gasteiger partial charge on any atom is -0.462 e. The van der Waals surface area contributed by atoms with Crippen LogP contribution in [0.4, 0.5) is 11.5 Å². The molecular formula is C14H19N3O5. The predicted octanol–water partition coefficient (Wildman–Crippen LogP) is 1.90. The van der Waals surface area contributed by atoms with E-state index < -0.39 is 11.0 Å². The molecule has 2 rings (SSSR count). The SMILES string of the molecule is CCC(COC(=O)C1CCCO1)Nc1ccc([N+](=O)[O-])cn1. The van der Waals surface area contributed by atoms with Crippen LogP contribution in [0, 0.1) is 10.1 Å². The molecule has 2 heterocycles. The molecule has 1 aliphatic heterocycles. The van der Waals surface area contributed by atoms with Crippen molar-refractivity contribution in [1.82, 2.24) is 4.98 Å². The highest BCUT2D eigenvalue weighted by molar-refractivity contribution is 5.74. The van der Waals surface area contributed by atoms with E-state index in [9.17, 15) is 14.9 Å². The molecule has 0 aromatic carbocycles. The number of anilines is 1. The summed E-state index contributed by atoms with van der Waals surface area (Å²) >= 11 is 0. The molecule has 8 nitrogen and oxygen atoms in total. The Labute approximate surface area is 128 Å². The van der Waals surface area contributed by atoms with Gasteiger partial charge in [-0.05, 0) is 25.3 Å². The van der Waals surface area contributed by atoms with E-state index in [0.717, 1.165) is 12.8 Å². The van der Waals surface area contributed by atoms with Gasteiger partial charge in [0.05, 0.1) is 11.0 Å². The van der Waals surface area contributed by atoms with Gasteiger partial charge in [0.25, 0.3) is 5.69 Å². The highest BCUT2D eigenvalue weighted by Gasteiger charge is 2.25. The van der Waals surface area contributed by atoms with Crippen molar-refractivity contribution in [3.05, 3.63) is 28.4 Å². The summed E-state index contributed by atoms with van der Waals surface area (Å²) in [6, 6.07) is 2.79. The molecule has 0 saturated carbocycles. The minimum atomic E-state index is -0.503. The van der Waals surface area contributed by atoms with Crippen LogP contribution >= 0.6 is 0 Å². The lowest BCUT2D eigenvalue weighted by atomic mass is 10.2. The summed E-state index contributed by atoms with van der Waals surface area (Å²) in [5.74, 6) is 0.167. The van der Waals surface area contributed by atoms with Crippen molar-refractivity contribution in [1.29, 1.82) is 0 Å². The third-order valence-electron chi connectivity index (χ3n) is 3.42. The van der Waals surface area contributed by atoms with Crippen molar-refractivity contribution in [2.75, 3.05) is 18.5 Å². The molecule has 2 unspecified atom stereocenters. The fourth-order valence-electron chi connectivity index (χ4n) is 2.09. The molecule has 0 aliphatic carbocycles. The van der Waals surface area contributed by atoms with Crippen molar-refractivity contribution in [2.45, 2.75) is 38.3 Å². The summed E-state index contributed by atoms with van der Waals surface area (Å²) in [7, 11) is 0. The first-order valence-corrected chi connectivity index (χ1v) is 7.25. The number of ether oxygens (including phenoxy) is 2. The van der Waals surface area contributed by atoms with Crippen LogP contribution in [0.1, 0.15) is 26.2 Å². The lowest BCUT2D eigenvalue weighted by molar-refractivity contribution is -0.385. The zero-order valence-corrected chi connectivity index (χ0v) is 12.4. The second-order valence-corrected chi connectivity index (χ2v) is 5.04. The van der Waals surface area contributed by atoms with E-state index in [1.807, 2.05) is 6.92 Å². The van der Waals surface area contributed by atoms with Crippen molar-refractivity contribution in [2.24, 2.45) is 0 Å². The Morgan fingerprint density at radius 2 is 2.45 bits per heavy atom. The fourth-order valence-corrected chi connectivity index (χ4v) is 2.09. The first-order chi connectivity index (χ1) is 10.6. The molecule has 1 saturated heterocycles. The van der Waals surface area contributed by atoms with Gasteiger partial charge < -0.3 is 14.8 Å². The van der Waals surface area contributed by atoms with Gasteiger partial charge in [-0.3, -0.25) is 10.1 Å². The number of nitro groups is 1. The third kappa shape index (κ3) is 4.39. The molecule has 1 aromatic rings. The van der Waals surface area contributed by atoms with E-state index in [-0.39, 0.29) is 24.3 Å². The Morgan fingerprint density at radius 1 is 1.64 bits per heavy atom. The zero-order valence-electron chi connectivity index (χ0n) is 12.4. The van der Waals surface area contributed by atoms with Gasteiger partial charge in [-0.2, -0.15) is 0 Å². The molecule has 0 amide bonds. The van der Waals surface area contributed by atoms with Gasteiger partial charge in [0.15, 0.2) is 6.10 Å². The van der Waals surface area contributed by atoms with E-state index in [4.69, 9.17) is 9.47 Å². The Hall–Kier alpha value is -2.22. The van der Waals surface area contributed by atoms with Crippen molar-refractivity contribution >= 4 is 17.5 Å². The normalized spacial score (nSPS) is 18.7. The summed E-state index contributed by atoms with van der Waals surface area (Å²) in [5.41, 5.74) is -0.0663. The van der Waals surface area contributed by atoms with Crippen LogP contribution in [0.3, 0.4) is 0 Å². The highest BCUT2D eigenvalue weighted by atomic mass is 16.6. The van der Waals surface area contributed by atoms with Gasteiger partial charge >= 0.3 is 5.97 Å². The number of aromatic nitrogens is 1. The van der Waals surface area contributed by atoms with Gasteiger partial charge in [0, 0.05) is 12.7 Å². The molecule has 120 valence electrons. The van der Waals surface area contributed by atoms with Gasteiger partial charge in [-0.1, -0.05) is 6.92 Å². The summed E-state index contributed by atoms with van der Waals surface area (Å²) < 4.78 is 10.5. The first-order valence-electron chi connectivity index (χ1n) is 7.25. The number of carbonyl (C=O) groups excluding carboxylic acids is 1. The molecule has 0 spiro atoms. The maximum absolute atomic E-state index is 11.8. The average molecular weight is 309 g/mol. The van der Waals surface area contributed by atoms with Crippen LogP contribution < -0.4 is 5.32 Å². The summed E-state index contributed by atoms with van der Waals surface area (Å²) in [4.78, 5) is 25.8. The Kier molecular flexibility index (Phi) is 5.65. The maximum Gasteiger partial charge on any atom is 0.335 e. The quantitative estimate of drug-likeness (QED) is 0.466. The molecular weight excluding hydrogens is 290 g/mol. The largest absolute Gasteiger partial charge is 0.462 e. The van der Waals surface area contributed by atoms with E-state index in [0.29, 0.717) is 18.8 Å². The van der Waals surface area contributed by atoms with Crippen molar-refractivity contribution in [3.63, 3.8) is 0 Å². The van der Waals surface area contributed by atoms with Crippen LogP contribution in [-0.4, -0.2) is 41.2 Å². The maximum atomic E-state index is 11.8. The van der Waals surface area contributed by atoms with Gasteiger partial charge in [0.2, 0.25) is 0 Å². The standard InChI is InChI=1S/C14H19N3O5/c1-2-10(9-22-14(18)12-4-3-7-21-12)16-13-6-5-11(8-15-13)17(19)20/h5-6,8,10,12H,2-4,7,9H2,1H3,(H,15,16). The second-order valence-electron chi connectivity index (χ2n) is 5.04. The molecule has 1 aliphatic rings. The number of hydrogen-bond donors (Lipinski definition) is 1. The Morgan fingerprint density at radius 3 is 3.00 bits per heavy atom. The molecule has 0 radical (unpaired) electrons. The summed E-state index contributed by atoms with van der Waals surface area (Å²) in [6.45, 7) is 2.75. The molecule has 22 heavy (non-hydrogen) atoms. The van der Waals surface area contributed by atoms with Crippen LogP contribution in [-0.2, 0) is 14.3 Å². The van der Waals surface area contributed by atoms with E-state index in [2.05, 4.69) is 10.3 Å². The Balaban J connectivity index is 1.83. The number of nitrogens with zero attached hydrogens (tertiary/aromatic N) is 2. The Bertz CT molecular complexity index is 514. The summed E-state index contributed by atoms with van der Waals surface area (Å²) in [6.07, 6.45) is 3.04. The number of carbonyl (C=O) groups is 1. The van der Waals surface area contributed by atoms with E-state index in [1.165, 1.54) is 18.3 Å². The highest BCUT2D eigenvalue weighted by Crippen LogP contribution is 2.15. The van der Waals surface area contributed by atoms with Crippen molar-refractivity contribution in [3.8, 4) is 0 Å². The molecule has 1 fully saturated rings. The van der Waals surface area contributed by atoms with Crippen LogP contribution in [0.15, 0.2) is 18.3 Å². The number of nitrogens with one attached hydrogen (secondary N) is 1. The van der Waals surface area contributed by atoms with Crippen LogP contribution in [0.2, 0.25) is 0 Å². The minimum absolute atomic E-state index is 0.0663. The smallest absolute Gasteiger partial charge is 0.335 e. The molecule has 0 bridgehead atoms. The molecule has 1 N–H and O–H groups in total. The van der Waals surface area contributed by atoms with Crippen molar-refractivity contribution < 1.29 is 19.2 Å². The third-order valence-corrected chi connectivity index (χ3v) is 3.42. The van der Waals surface area contributed by atoms with Gasteiger partial charge in [0.1, 0.15) is 18.6 Å². The lowest BCUT2D eigenvalue weighted by Crippen LogP contribution is -2.30. The predicted molar refractivity (Wildman–Crippen MR) is 78.5 cm³/mol. The van der Waals surface area contributed by atoms with Gasteiger partial charge in [-0.25, -0.2) is 9.78 Å². The number of pyridine rings is 1. The summed E-state index contributed by atoms with van der Waals surface area (Å²) in [5, 5.41) is 13.7. The lowest BCUT2D eigenvalue weighted by Gasteiger charge is -2.18. The van der Waals surface area contributed by atoms with Gasteiger partial charge in [-0.15, -0.1) is 0 Å². The molecule has 8 heteroatoms. The monoisotopic (exact) mass is 309 g/mol. The topological polar surface area (TPSA) is 104 Å². The van der Waals surface area contributed by atoms with Crippen LogP contribution in [0.25, 0.3) is 0 Å². The van der Waals surface area contributed by atoms with Crippen LogP contribution in [0.5, 0.6) is 0 Å².